The van der Waals surface area contributed by atoms with Crippen LogP contribution in [0.5, 0.6) is 0 Å². The fourth-order valence-corrected chi connectivity index (χ4v) is 5.93. The van der Waals surface area contributed by atoms with Gasteiger partial charge >= 0.3 is 0 Å². The number of ether oxygens (including phenoxy) is 1. The highest BCUT2D eigenvalue weighted by Gasteiger charge is 2.45. The maximum Gasteiger partial charge on any atom is 0.196 e. The molecule has 1 atom stereocenters. The van der Waals surface area contributed by atoms with Gasteiger partial charge in [0.1, 0.15) is 16.5 Å². The number of benzene rings is 1. The van der Waals surface area contributed by atoms with Gasteiger partial charge in [0.05, 0.1) is 17.1 Å². The summed E-state index contributed by atoms with van der Waals surface area (Å²) in [6.07, 6.45) is 5.58. The van der Waals surface area contributed by atoms with Crippen LogP contribution < -0.4 is 15.6 Å². The van der Waals surface area contributed by atoms with Gasteiger partial charge in [-0.3, -0.25) is 9.78 Å². The van der Waals surface area contributed by atoms with Crippen molar-refractivity contribution in [3.8, 4) is 11.3 Å². The Labute approximate surface area is 226 Å². The van der Waals surface area contributed by atoms with Crippen molar-refractivity contribution >= 4 is 34.1 Å². The molecule has 0 radical (unpaired) electrons. The van der Waals surface area contributed by atoms with Crippen molar-refractivity contribution in [1.29, 1.82) is 0 Å². The number of fused-ring (bicyclic) bond motifs is 1. The van der Waals surface area contributed by atoms with Crippen molar-refractivity contribution < 1.29 is 9.15 Å². The first kappa shape index (κ1) is 24.9. The molecule has 3 aromatic heterocycles. The molecule has 0 saturated carbocycles. The van der Waals surface area contributed by atoms with E-state index in [-0.39, 0.29) is 11.5 Å². The molecule has 1 spiro atoms. The average Bonchev–Trinajstić information content (AvgIpc) is 2.91. The number of nitrogens with zero attached hydrogens (tertiary/aromatic N) is 3. The topological polar surface area (TPSA) is 80.5 Å². The van der Waals surface area contributed by atoms with E-state index in [1.807, 2.05) is 37.3 Å². The summed E-state index contributed by atoms with van der Waals surface area (Å²) in [6, 6.07) is 11.4. The lowest BCUT2D eigenvalue weighted by Crippen LogP contribution is -2.59. The molecule has 5 heterocycles. The fraction of sp³-hybridized carbons (Fsp3) is 0.367. The molecule has 0 amide bonds. The number of halogens is 1. The predicted octanol–water partition coefficient (Wildman–Crippen LogP) is 6.31. The largest absolute Gasteiger partial charge is 0.455 e. The number of hydrogen-bond acceptors (Lipinski definition) is 7. The van der Waals surface area contributed by atoms with E-state index in [2.05, 4.69) is 28.2 Å². The molecule has 2 aliphatic heterocycles. The smallest absolute Gasteiger partial charge is 0.196 e. The molecule has 196 valence electrons. The second kappa shape index (κ2) is 9.71. The third kappa shape index (κ3) is 4.44. The summed E-state index contributed by atoms with van der Waals surface area (Å²) in [5.41, 5.74) is 5.03. The number of rotatable bonds is 5. The van der Waals surface area contributed by atoms with E-state index in [1.165, 1.54) is 0 Å². The Bertz CT molecular complexity index is 1560. The second-order valence-corrected chi connectivity index (χ2v) is 11.1. The minimum atomic E-state index is -0.162. The molecule has 38 heavy (non-hydrogen) atoms. The van der Waals surface area contributed by atoms with Crippen LogP contribution in [0.3, 0.4) is 0 Å². The van der Waals surface area contributed by atoms with Crippen LogP contribution in [0.15, 0.2) is 58.0 Å². The molecule has 4 aromatic rings. The summed E-state index contributed by atoms with van der Waals surface area (Å²) in [6.45, 7) is 9.43. The lowest BCUT2D eigenvalue weighted by molar-refractivity contribution is -0.000407. The maximum atomic E-state index is 13.4. The maximum absolute atomic E-state index is 13.4. The first-order chi connectivity index (χ1) is 18.3. The highest BCUT2D eigenvalue weighted by atomic mass is 35.5. The summed E-state index contributed by atoms with van der Waals surface area (Å²) < 4.78 is 12.1. The molecule has 1 N–H and O–H groups in total. The van der Waals surface area contributed by atoms with E-state index < -0.39 is 0 Å². The molecule has 6 rings (SSSR count). The van der Waals surface area contributed by atoms with E-state index >= 15 is 0 Å². The zero-order valence-corrected chi connectivity index (χ0v) is 22.6. The van der Waals surface area contributed by atoms with Gasteiger partial charge in [-0.05, 0) is 69.5 Å². The molecule has 7 nitrogen and oxygen atoms in total. The summed E-state index contributed by atoms with van der Waals surface area (Å²) >= 11 is 6.34. The Kier molecular flexibility index (Phi) is 6.36. The molecule has 1 aromatic carbocycles. The molecule has 0 aliphatic carbocycles. The molecule has 8 heteroatoms. The van der Waals surface area contributed by atoms with E-state index in [1.54, 1.807) is 19.3 Å². The molecule has 0 bridgehead atoms. The predicted molar refractivity (Wildman–Crippen MR) is 151 cm³/mol. The van der Waals surface area contributed by atoms with Gasteiger partial charge in [-0.2, -0.15) is 0 Å². The second-order valence-electron chi connectivity index (χ2n) is 10.7. The lowest BCUT2D eigenvalue weighted by Gasteiger charge is -2.53. The van der Waals surface area contributed by atoms with Crippen LogP contribution in [0.1, 0.15) is 42.5 Å². The van der Waals surface area contributed by atoms with Gasteiger partial charge in [-0.1, -0.05) is 17.7 Å². The Morgan fingerprint density at radius 2 is 1.92 bits per heavy atom. The molecular weight excluding hydrogens is 500 g/mol. The molecule has 0 unspecified atom stereocenters. The number of aryl methyl sites for hydroxylation is 1. The van der Waals surface area contributed by atoms with Gasteiger partial charge in [0, 0.05) is 60.8 Å². The van der Waals surface area contributed by atoms with Crippen LogP contribution in [0.2, 0.25) is 5.15 Å². The van der Waals surface area contributed by atoms with Gasteiger partial charge in [-0.15, -0.1) is 0 Å². The van der Waals surface area contributed by atoms with Crippen molar-refractivity contribution in [3.05, 3.63) is 80.9 Å². The Morgan fingerprint density at radius 3 is 2.66 bits per heavy atom. The van der Waals surface area contributed by atoms with Gasteiger partial charge in [0.15, 0.2) is 11.2 Å². The molecule has 2 aliphatic rings. The molecule has 2 fully saturated rings. The van der Waals surface area contributed by atoms with Crippen molar-refractivity contribution in [1.82, 2.24) is 9.97 Å². The SMILES string of the molecule is Cc1cc([C@@H](C)Nc2ccc(Cl)nc2N2CC3(CCOCC3)C2)c2oc(-c3cccnc3)c(C)c(=O)c2c1. The first-order valence-electron chi connectivity index (χ1n) is 13.1. The summed E-state index contributed by atoms with van der Waals surface area (Å²) in [5.74, 6) is 1.40. The van der Waals surface area contributed by atoms with Crippen molar-refractivity contribution in [2.75, 3.05) is 36.5 Å². The van der Waals surface area contributed by atoms with Crippen molar-refractivity contribution in [2.24, 2.45) is 5.41 Å². The minimum Gasteiger partial charge on any atom is -0.455 e. The number of pyridine rings is 2. The average molecular weight is 531 g/mol. The van der Waals surface area contributed by atoms with Crippen molar-refractivity contribution in [3.63, 3.8) is 0 Å². The van der Waals surface area contributed by atoms with Crippen LogP contribution in [0.4, 0.5) is 11.5 Å². The number of anilines is 2. The summed E-state index contributed by atoms with van der Waals surface area (Å²) in [5, 5.41) is 4.69. The number of nitrogens with one attached hydrogen (secondary N) is 1. The zero-order valence-electron chi connectivity index (χ0n) is 21.9. The third-order valence-electron chi connectivity index (χ3n) is 7.90. The molecular formula is C30H31ClN4O3. The monoisotopic (exact) mass is 530 g/mol. The minimum absolute atomic E-state index is 0.0292. The van der Waals surface area contributed by atoms with E-state index in [0.717, 1.165) is 67.3 Å². The number of hydrogen-bond donors (Lipinski definition) is 1. The third-order valence-corrected chi connectivity index (χ3v) is 8.11. The first-order valence-corrected chi connectivity index (χ1v) is 13.5. The highest BCUT2D eigenvalue weighted by molar-refractivity contribution is 6.29. The van der Waals surface area contributed by atoms with Crippen LogP contribution in [-0.4, -0.2) is 36.3 Å². The van der Waals surface area contributed by atoms with Crippen molar-refractivity contribution in [2.45, 2.75) is 39.7 Å². The van der Waals surface area contributed by atoms with E-state index in [9.17, 15) is 4.79 Å². The quantitative estimate of drug-likeness (QED) is 0.303. The Morgan fingerprint density at radius 1 is 1.13 bits per heavy atom. The summed E-state index contributed by atoms with van der Waals surface area (Å²) in [4.78, 5) is 24.6. The van der Waals surface area contributed by atoms with Gasteiger partial charge < -0.3 is 19.4 Å². The van der Waals surface area contributed by atoms with Crippen LogP contribution in [0.25, 0.3) is 22.3 Å². The van der Waals surface area contributed by atoms with Gasteiger partial charge in [0.25, 0.3) is 0 Å². The van der Waals surface area contributed by atoms with E-state index in [4.69, 9.17) is 25.7 Å². The zero-order chi connectivity index (χ0) is 26.4. The summed E-state index contributed by atoms with van der Waals surface area (Å²) in [7, 11) is 0. The molecule has 2 saturated heterocycles. The normalized spacial score (nSPS) is 17.4. The van der Waals surface area contributed by atoms with Crippen LogP contribution in [-0.2, 0) is 4.74 Å². The van der Waals surface area contributed by atoms with Gasteiger partial charge in [0.2, 0.25) is 0 Å². The van der Waals surface area contributed by atoms with Crippen LogP contribution >= 0.6 is 11.6 Å². The number of aromatic nitrogens is 2. The van der Waals surface area contributed by atoms with Gasteiger partial charge in [-0.25, -0.2) is 4.98 Å². The standard InChI is InChI=1S/C30H31ClN4O3/c1-18-13-22(28-23(14-18)26(36)19(2)27(38-28)21-5-4-10-32-15-21)20(3)33-24-6-7-25(31)34-29(24)35-16-30(17-35)8-11-37-12-9-30/h4-7,10,13-15,20,33H,8-9,11-12,16-17H2,1-3H3/t20-/m1/s1. The lowest BCUT2D eigenvalue weighted by atomic mass is 9.73. The van der Waals surface area contributed by atoms with Crippen LogP contribution in [0, 0.1) is 19.3 Å². The van der Waals surface area contributed by atoms with E-state index in [0.29, 0.717) is 32.9 Å². The Balaban J connectivity index is 1.37. The highest BCUT2D eigenvalue weighted by Crippen LogP contribution is 2.44. The fourth-order valence-electron chi connectivity index (χ4n) is 5.79. The Hall–Kier alpha value is -3.42.